The van der Waals surface area contributed by atoms with Crippen molar-refractivity contribution in [1.29, 1.82) is 0 Å². The van der Waals surface area contributed by atoms with Crippen molar-refractivity contribution in [2.45, 2.75) is 38.1 Å². The van der Waals surface area contributed by atoms with E-state index in [1.165, 1.54) is 32.1 Å². The largest absolute Gasteiger partial charge is 0.368 e. The summed E-state index contributed by atoms with van der Waals surface area (Å²) >= 11 is 0. The number of aromatic amines is 1. The van der Waals surface area contributed by atoms with Crippen molar-refractivity contribution in [2.75, 3.05) is 11.1 Å². The first-order valence-electron chi connectivity index (χ1n) is 9.10. The van der Waals surface area contributed by atoms with E-state index in [0.717, 1.165) is 39.8 Å². The van der Waals surface area contributed by atoms with E-state index in [1.54, 1.807) is 6.20 Å². The Hall–Kier alpha value is -2.63. The molecule has 3 aromatic rings. The molecule has 0 spiro atoms. The predicted molar refractivity (Wildman–Crippen MR) is 99.0 cm³/mol. The van der Waals surface area contributed by atoms with E-state index in [2.05, 4.69) is 37.6 Å². The van der Waals surface area contributed by atoms with Crippen LogP contribution >= 0.6 is 0 Å². The van der Waals surface area contributed by atoms with E-state index < -0.39 is 0 Å². The van der Waals surface area contributed by atoms with Crippen LogP contribution in [0.4, 0.5) is 11.8 Å². The smallest absolute Gasteiger partial charge is 0.222 e. The molecular formula is C19H22N6. The molecular weight excluding hydrogens is 312 g/mol. The number of hydrogen-bond donors (Lipinski definition) is 3. The first kappa shape index (κ1) is 14.7. The predicted octanol–water partition coefficient (Wildman–Crippen LogP) is 3.59. The summed E-state index contributed by atoms with van der Waals surface area (Å²) in [6.07, 6.45) is 8.44. The van der Waals surface area contributed by atoms with Gasteiger partial charge in [-0.05, 0) is 42.9 Å². The van der Waals surface area contributed by atoms with Crippen LogP contribution in [0.2, 0.25) is 0 Å². The molecule has 5 rings (SSSR count). The third-order valence-corrected chi connectivity index (χ3v) is 5.86. The zero-order valence-electron chi connectivity index (χ0n) is 14.1. The van der Waals surface area contributed by atoms with E-state index in [4.69, 9.17) is 5.73 Å². The summed E-state index contributed by atoms with van der Waals surface area (Å²) < 4.78 is 0. The third-order valence-electron chi connectivity index (χ3n) is 5.86. The summed E-state index contributed by atoms with van der Waals surface area (Å²) in [5.41, 5.74) is 8.85. The Balaban J connectivity index is 1.48. The van der Waals surface area contributed by atoms with Gasteiger partial charge in [0.15, 0.2) is 0 Å². The molecule has 1 aromatic carbocycles. The van der Waals surface area contributed by atoms with Crippen molar-refractivity contribution in [2.24, 2.45) is 11.8 Å². The lowest BCUT2D eigenvalue weighted by Crippen LogP contribution is -2.18. The number of nitrogens with one attached hydrogen (secondary N) is 2. The number of fused-ring (bicyclic) bond motifs is 2. The molecule has 25 heavy (non-hydrogen) atoms. The van der Waals surface area contributed by atoms with Gasteiger partial charge in [0.1, 0.15) is 5.82 Å². The summed E-state index contributed by atoms with van der Waals surface area (Å²) in [6, 6.07) is 8.63. The van der Waals surface area contributed by atoms with Gasteiger partial charge in [-0.3, -0.25) is 5.10 Å². The summed E-state index contributed by atoms with van der Waals surface area (Å²) in [5.74, 6) is 2.98. The highest BCUT2D eigenvalue weighted by Crippen LogP contribution is 2.45. The molecule has 4 N–H and O–H groups in total. The van der Waals surface area contributed by atoms with Crippen LogP contribution in [0.25, 0.3) is 22.2 Å². The van der Waals surface area contributed by atoms with Crippen LogP contribution in [0, 0.1) is 11.8 Å². The van der Waals surface area contributed by atoms with E-state index >= 15 is 0 Å². The minimum absolute atomic E-state index is 0.315. The number of nitrogens with zero attached hydrogens (tertiary/aromatic N) is 3. The number of aromatic nitrogens is 4. The SMILES string of the molecule is Nc1nc(NC2CC3CCCC3C2)c2ccc(-c3ccn[nH]3)cc2n1. The maximum Gasteiger partial charge on any atom is 0.222 e. The van der Waals surface area contributed by atoms with Gasteiger partial charge in [0.2, 0.25) is 5.95 Å². The van der Waals surface area contributed by atoms with Gasteiger partial charge < -0.3 is 11.1 Å². The molecule has 6 heteroatoms. The minimum atomic E-state index is 0.315. The Kier molecular flexibility index (Phi) is 3.36. The lowest BCUT2D eigenvalue weighted by molar-refractivity contribution is 0.457. The van der Waals surface area contributed by atoms with Crippen molar-refractivity contribution < 1.29 is 0 Å². The van der Waals surface area contributed by atoms with Gasteiger partial charge in [-0.25, -0.2) is 4.98 Å². The molecule has 2 unspecified atom stereocenters. The summed E-state index contributed by atoms with van der Waals surface area (Å²) in [5, 5.41) is 11.7. The summed E-state index contributed by atoms with van der Waals surface area (Å²) in [6.45, 7) is 0. The van der Waals surface area contributed by atoms with Gasteiger partial charge in [-0.1, -0.05) is 25.3 Å². The molecule has 0 radical (unpaired) electrons. The van der Waals surface area contributed by atoms with Crippen molar-refractivity contribution in [3.05, 3.63) is 30.5 Å². The van der Waals surface area contributed by atoms with Crippen LogP contribution in [-0.2, 0) is 0 Å². The topological polar surface area (TPSA) is 92.5 Å². The zero-order chi connectivity index (χ0) is 16.8. The van der Waals surface area contributed by atoms with Gasteiger partial charge in [-0.15, -0.1) is 0 Å². The van der Waals surface area contributed by atoms with Gasteiger partial charge >= 0.3 is 0 Å². The van der Waals surface area contributed by atoms with E-state index in [1.807, 2.05) is 12.1 Å². The molecule has 2 aliphatic rings. The number of nitrogens with two attached hydrogens (primary N) is 1. The summed E-state index contributed by atoms with van der Waals surface area (Å²) in [7, 11) is 0. The van der Waals surface area contributed by atoms with Gasteiger partial charge in [0, 0.05) is 23.2 Å². The quantitative estimate of drug-likeness (QED) is 0.680. The molecule has 0 saturated heterocycles. The highest BCUT2D eigenvalue weighted by molar-refractivity contribution is 5.92. The molecule has 2 atom stereocenters. The van der Waals surface area contributed by atoms with Crippen LogP contribution < -0.4 is 11.1 Å². The molecule has 2 fully saturated rings. The molecule has 0 amide bonds. The van der Waals surface area contributed by atoms with Crippen LogP contribution in [0.5, 0.6) is 0 Å². The molecule has 128 valence electrons. The molecule has 2 saturated carbocycles. The van der Waals surface area contributed by atoms with E-state index in [0.29, 0.717) is 12.0 Å². The monoisotopic (exact) mass is 334 g/mol. The second kappa shape index (κ2) is 5.72. The zero-order valence-corrected chi connectivity index (χ0v) is 14.1. The number of rotatable bonds is 3. The Morgan fingerprint density at radius 1 is 1.08 bits per heavy atom. The number of hydrogen-bond acceptors (Lipinski definition) is 5. The first-order chi connectivity index (χ1) is 12.3. The standard InChI is InChI=1S/C19H22N6/c20-19-23-17-10-13(16-6-7-21-25-16)4-5-15(17)18(24-19)22-14-8-11-2-1-3-12(11)9-14/h4-7,10-12,14H,1-3,8-9H2,(H,21,25)(H3,20,22,23,24). The van der Waals surface area contributed by atoms with Gasteiger partial charge in [-0.2, -0.15) is 10.1 Å². The average Bonchev–Trinajstić information content (AvgIpc) is 3.31. The van der Waals surface area contributed by atoms with Crippen molar-refractivity contribution >= 4 is 22.7 Å². The molecule has 2 aromatic heterocycles. The maximum absolute atomic E-state index is 5.98. The van der Waals surface area contributed by atoms with Crippen LogP contribution in [0.3, 0.4) is 0 Å². The van der Waals surface area contributed by atoms with Crippen LogP contribution in [0.15, 0.2) is 30.5 Å². The number of anilines is 2. The van der Waals surface area contributed by atoms with Crippen LogP contribution in [-0.4, -0.2) is 26.2 Å². The highest BCUT2D eigenvalue weighted by Gasteiger charge is 2.37. The second-order valence-corrected chi connectivity index (χ2v) is 7.40. The normalized spacial score (nSPS) is 25.4. The van der Waals surface area contributed by atoms with E-state index in [-0.39, 0.29) is 0 Å². The van der Waals surface area contributed by atoms with Crippen molar-refractivity contribution in [1.82, 2.24) is 20.2 Å². The Morgan fingerprint density at radius 3 is 2.68 bits per heavy atom. The lowest BCUT2D eigenvalue weighted by Gasteiger charge is -2.16. The average molecular weight is 334 g/mol. The van der Waals surface area contributed by atoms with Gasteiger partial charge in [0.25, 0.3) is 0 Å². The molecule has 0 bridgehead atoms. The van der Waals surface area contributed by atoms with E-state index in [9.17, 15) is 0 Å². The molecule has 6 nitrogen and oxygen atoms in total. The number of nitrogen functional groups attached to an aromatic ring is 1. The fourth-order valence-corrected chi connectivity index (χ4v) is 4.71. The first-order valence-corrected chi connectivity index (χ1v) is 9.10. The highest BCUT2D eigenvalue weighted by atomic mass is 15.1. The minimum Gasteiger partial charge on any atom is -0.368 e. The third kappa shape index (κ3) is 2.62. The Morgan fingerprint density at radius 2 is 1.92 bits per heavy atom. The molecule has 2 aliphatic carbocycles. The molecule has 0 aliphatic heterocycles. The van der Waals surface area contributed by atoms with Crippen molar-refractivity contribution in [3.8, 4) is 11.3 Å². The second-order valence-electron chi connectivity index (χ2n) is 7.40. The fraction of sp³-hybridized carbons (Fsp3) is 0.421. The number of benzene rings is 1. The Bertz CT molecular complexity index is 892. The van der Waals surface area contributed by atoms with Gasteiger partial charge in [0.05, 0.1) is 11.2 Å². The van der Waals surface area contributed by atoms with Crippen LogP contribution in [0.1, 0.15) is 32.1 Å². The Labute approximate surface area is 146 Å². The fourth-order valence-electron chi connectivity index (χ4n) is 4.71. The van der Waals surface area contributed by atoms with Crippen molar-refractivity contribution in [3.63, 3.8) is 0 Å². The lowest BCUT2D eigenvalue weighted by atomic mass is 10.0. The number of H-pyrrole nitrogens is 1. The maximum atomic E-state index is 5.98. The summed E-state index contributed by atoms with van der Waals surface area (Å²) in [4.78, 5) is 8.92. The molecule has 2 heterocycles.